The molecule has 0 amide bonds. The van der Waals surface area contributed by atoms with E-state index in [4.69, 9.17) is 4.42 Å². The molecule has 0 N–H and O–H groups in total. The highest BCUT2D eigenvalue weighted by molar-refractivity contribution is 7.26. The zero-order valence-corrected chi connectivity index (χ0v) is 30.1. The van der Waals surface area contributed by atoms with Crippen molar-refractivity contribution in [2.24, 2.45) is 0 Å². The minimum atomic E-state index is -0.149. The van der Waals surface area contributed by atoms with Gasteiger partial charge in [0.1, 0.15) is 11.2 Å². The van der Waals surface area contributed by atoms with E-state index in [9.17, 15) is 0 Å². The Morgan fingerprint density at radius 1 is 0.415 bits per heavy atom. The van der Waals surface area contributed by atoms with Gasteiger partial charge in [0.2, 0.25) is 0 Å². The monoisotopic (exact) mass is 692 g/mol. The molecule has 2 aromatic heterocycles. The van der Waals surface area contributed by atoms with Gasteiger partial charge in [0.05, 0.1) is 0 Å². The maximum atomic E-state index is 6.38. The molecule has 1 nitrogen and oxygen atoms in total. The minimum Gasteiger partial charge on any atom is -0.456 e. The molecule has 0 atom stereocenters. The van der Waals surface area contributed by atoms with Crippen LogP contribution in [0.25, 0.3) is 108 Å². The van der Waals surface area contributed by atoms with E-state index in [0.717, 1.165) is 16.6 Å². The number of rotatable bonds is 2. The van der Waals surface area contributed by atoms with E-state index in [1.54, 1.807) is 0 Å². The van der Waals surface area contributed by atoms with Crippen LogP contribution in [0.3, 0.4) is 0 Å². The molecule has 0 fully saturated rings. The zero-order valence-electron chi connectivity index (χ0n) is 29.3. The third-order valence-corrected chi connectivity index (χ3v) is 13.1. The molecule has 1 aliphatic rings. The number of furan rings is 1. The van der Waals surface area contributed by atoms with Gasteiger partial charge in [-0.05, 0) is 119 Å². The van der Waals surface area contributed by atoms with E-state index >= 15 is 0 Å². The predicted molar refractivity (Wildman–Crippen MR) is 228 cm³/mol. The van der Waals surface area contributed by atoms with Crippen molar-refractivity contribution in [1.82, 2.24) is 0 Å². The molecular formula is C51H32OS. The highest BCUT2D eigenvalue weighted by Crippen LogP contribution is 2.54. The summed E-state index contributed by atoms with van der Waals surface area (Å²) in [6, 6.07) is 58.5. The van der Waals surface area contributed by atoms with E-state index in [1.807, 2.05) is 17.4 Å². The summed E-state index contributed by atoms with van der Waals surface area (Å²) in [5.74, 6) is 0. The molecule has 2 heteroatoms. The first-order valence-corrected chi connectivity index (χ1v) is 19.2. The van der Waals surface area contributed by atoms with Crippen molar-refractivity contribution in [3.8, 4) is 33.4 Å². The molecule has 2 heterocycles. The highest BCUT2D eigenvalue weighted by Gasteiger charge is 2.36. The largest absolute Gasteiger partial charge is 0.456 e. The van der Waals surface area contributed by atoms with E-state index in [0.29, 0.717) is 0 Å². The topological polar surface area (TPSA) is 13.1 Å². The third-order valence-electron chi connectivity index (χ3n) is 12.0. The van der Waals surface area contributed by atoms with Crippen molar-refractivity contribution in [2.45, 2.75) is 19.3 Å². The van der Waals surface area contributed by atoms with Crippen molar-refractivity contribution in [1.29, 1.82) is 0 Å². The third kappa shape index (κ3) is 3.96. The van der Waals surface area contributed by atoms with Gasteiger partial charge in [-0.15, -0.1) is 11.3 Å². The predicted octanol–water partition coefficient (Wildman–Crippen LogP) is 15.1. The Balaban J connectivity index is 1.09. The maximum absolute atomic E-state index is 6.38. The second-order valence-electron chi connectivity index (χ2n) is 15.2. The normalized spacial score (nSPS) is 13.6. The molecular weight excluding hydrogens is 661 g/mol. The standard InChI is InChI=1S/C51H32OS/c1-51(2)42-25-31(22-23-32(42)39-28-47-41(27-43(39)51)40-24-29-12-3-4-13-30(29)26-46(40)53-47)48-33-14-5-7-16-35(33)49(36-17-8-6-15-34(36)48)38-19-11-21-45-50(38)37-18-9-10-20-44(37)52-45/h3-28H,1-2H3. The summed E-state index contributed by atoms with van der Waals surface area (Å²) < 4.78 is 9.09. The lowest BCUT2D eigenvalue weighted by atomic mass is 9.80. The molecule has 12 rings (SSSR count). The Morgan fingerprint density at radius 3 is 1.75 bits per heavy atom. The zero-order chi connectivity index (χ0) is 35.0. The van der Waals surface area contributed by atoms with Crippen LogP contribution >= 0.6 is 11.3 Å². The lowest BCUT2D eigenvalue weighted by Gasteiger charge is -2.23. The molecule has 0 saturated heterocycles. The molecule has 0 spiro atoms. The first-order valence-electron chi connectivity index (χ1n) is 18.4. The Hall–Kier alpha value is -6.22. The van der Waals surface area contributed by atoms with E-state index in [-0.39, 0.29) is 5.41 Å². The van der Waals surface area contributed by atoms with Gasteiger partial charge in [-0.25, -0.2) is 0 Å². The molecule has 11 aromatic rings. The van der Waals surface area contributed by atoms with Gasteiger partial charge in [0, 0.05) is 36.4 Å². The van der Waals surface area contributed by atoms with Crippen LogP contribution in [-0.4, -0.2) is 0 Å². The molecule has 0 radical (unpaired) electrons. The van der Waals surface area contributed by atoms with Gasteiger partial charge in [0.15, 0.2) is 0 Å². The van der Waals surface area contributed by atoms with Crippen LogP contribution < -0.4 is 0 Å². The number of hydrogen-bond acceptors (Lipinski definition) is 2. The number of para-hydroxylation sites is 1. The Kier molecular flexibility index (Phi) is 5.78. The number of fused-ring (bicyclic) bond motifs is 12. The number of hydrogen-bond donors (Lipinski definition) is 0. The average molecular weight is 693 g/mol. The van der Waals surface area contributed by atoms with Crippen LogP contribution in [0.4, 0.5) is 0 Å². The SMILES string of the molecule is CC1(C)c2cc(-c3c4ccccc4c(-c4cccc5oc6ccccc6c45)c4ccccc34)ccc2-c2cc3sc4cc5ccccc5cc4c3cc21. The summed E-state index contributed by atoms with van der Waals surface area (Å²) in [5, 5.41) is 12.7. The second-order valence-corrected chi connectivity index (χ2v) is 16.3. The Morgan fingerprint density at radius 2 is 1.00 bits per heavy atom. The molecule has 0 unspecified atom stereocenters. The molecule has 0 aliphatic heterocycles. The first kappa shape index (κ1) is 29.4. The van der Waals surface area contributed by atoms with Crippen LogP contribution in [-0.2, 0) is 5.41 Å². The Labute approximate surface area is 310 Å². The smallest absolute Gasteiger partial charge is 0.136 e. The van der Waals surface area contributed by atoms with Gasteiger partial charge >= 0.3 is 0 Å². The lowest BCUT2D eigenvalue weighted by Crippen LogP contribution is -2.15. The first-order chi connectivity index (χ1) is 26.0. The molecule has 0 bridgehead atoms. The van der Waals surface area contributed by atoms with Crippen LogP contribution in [0.1, 0.15) is 25.0 Å². The van der Waals surface area contributed by atoms with Gasteiger partial charge in [-0.1, -0.05) is 129 Å². The fourth-order valence-corrected chi connectivity index (χ4v) is 10.7. The van der Waals surface area contributed by atoms with Crippen LogP contribution in [0.15, 0.2) is 162 Å². The molecule has 53 heavy (non-hydrogen) atoms. The van der Waals surface area contributed by atoms with Gasteiger partial charge in [-0.3, -0.25) is 0 Å². The summed E-state index contributed by atoms with van der Waals surface area (Å²) in [6.45, 7) is 4.82. The second kappa shape index (κ2) is 10.4. The van der Waals surface area contributed by atoms with E-state index in [2.05, 4.69) is 166 Å². The maximum Gasteiger partial charge on any atom is 0.136 e. The molecule has 9 aromatic carbocycles. The number of benzene rings is 9. The van der Waals surface area contributed by atoms with Crippen molar-refractivity contribution in [3.63, 3.8) is 0 Å². The van der Waals surface area contributed by atoms with Crippen LogP contribution in [0.5, 0.6) is 0 Å². The van der Waals surface area contributed by atoms with Gasteiger partial charge in [0.25, 0.3) is 0 Å². The number of thiophene rings is 1. The van der Waals surface area contributed by atoms with E-state index in [1.165, 1.54) is 102 Å². The van der Waals surface area contributed by atoms with Gasteiger partial charge in [-0.2, -0.15) is 0 Å². The summed E-state index contributed by atoms with van der Waals surface area (Å²) in [7, 11) is 0. The van der Waals surface area contributed by atoms with E-state index < -0.39 is 0 Å². The quantitative estimate of drug-likeness (QED) is 0.164. The lowest BCUT2D eigenvalue weighted by molar-refractivity contribution is 0.661. The van der Waals surface area contributed by atoms with Crippen molar-refractivity contribution in [3.05, 3.63) is 169 Å². The molecule has 1 aliphatic carbocycles. The summed E-state index contributed by atoms with van der Waals surface area (Å²) >= 11 is 1.92. The average Bonchev–Trinajstić information content (AvgIpc) is 3.82. The Bertz CT molecular complexity index is 3320. The van der Waals surface area contributed by atoms with Gasteiger partial charge < -0.3 is 4.42 Å². The highest BCUT2D eigenvalue weighted by atomic mass is 32.1. The minimum absolute atomic E-state index is 0.149. The fourth-order valence-electron chi connectivity index (χ4n) is 9.56. The van der Waals surface area contributed by atoms with Crippen molar-refractivity contribution >= 4 is 85.8 Å². The molecule has 248 valence electrons. The summed E-state index contributed by atoms with van der Waals surface area (Å²) in [4.78, 5) is 0. The van der Waals surface area contributed by atoms with Crippen molar-refractivity contribution < 1.29 is 4.42 Å². The fraction of sp³-hybridized carbons (Fsp3) is 0.0588. The summed E-state index contributed by atoms with van der Waals surface area (Å²) in [5.41, 5.74) is 12.2. The van der Waals surface area contributed by atoms with Crippen LogP contribution in [0, 0.1) is 0 Å². The molecule has 0 saturated carbocycles. The van der Waals surface area contributed by atoms with Crippen LogP contribution in [0.2, 0.25) is 0 Å². The summed E-state index contributed by atoms with van der Waals surface area (Å²) in [6.07, 6.45) is 0. The van der Waals surface area contributed by atoms with Crippen molar-refractivity contribution in [2.75, 3.05) is 0 Å².